The fourth-order valence-corrected chi connectivity index (χ4v) is 4.57. The molecule has 32 heavy (non-hydrogen) atoms. The molecule has 0 aliphatic carbocycles. The summed E-state index contributed by atoms with van der Waals surface area (Å²) in [6, 6.07) is 18.8. The number of hydrogen-bond acceptors (Lipinski definition) is 4. The molecule has 1 fully saturated rings. The summed E-state index contributed by atoms with van der Waals surface area (Å²) in [7, 11) is 0. The van der Waals surface area contributed by atoms with Crippen LogP contribution in [0.5, 0.6) is 0 Å². The zero-order chi connectivity index (χ0) is 22.5. The molecular weight excluding hydrogens is 400 g/mol. The van der Waals surface area contributed by atoms with Gasteiger partial charge in [-0.15, -0.1) is 0 Å². The number of likely N-dealkylation sites (N-methyl/N-ethyl adjacent to an activating group) is 1. The maximum absolute atomic E-state index is 11.4. The molecule has 1 aromatic heterocycles. The molecule has 0 bridgehead atoms. The molecule has 1 aliphatic heterocycles. The molecule has 4 rings (SSSR count). The highest BCUT2D eigenvalue weighted by molar-refractivity contribution is 5.91. The standard InChI is InChI=1S/C26H30N4O2/c1-3-29-16-8-13-23(18-29)30-25(19(2)27-26(30)21-10-5-4-6-11-21)22-12-7-9-20(17-22)14-15-24(31)28-32/h4-7,9-12,14-15,17,23,32H,3,8,13,16,18H2,1-2H3,(H,28,31)/b15-14+/t23-/m1/s1. The lowest BCUT2D eigenvalue weighted by atomic mass is 10.0. The highest BCUT2D eigenvalue weighted by atomic mass is 16.5. The Labute approximate surface area is 189 Å². The van der Waals surface area contributed by atoms with Gasteiger partial charge in [0.05, 0.1) is 11.4 Å². The smallest absolute Gasteiger partial charge is 0.267 e. The van der Waals surface area contributed by atoms with E-state index in [1.54, 1.807) is 11.6 Å². The van der Waals surface area contributed by atoms with Gasteiger partial charge in [-0.25, -0.2) is 10.5 Å². The summed E-state index contributed by atoms with van der Waals surface area (Å²) < 4.78 is 2.43. The monoisotopic (exact) mass is 430 g/mol. The van der Waals surface area contributed by atoms with Gasteiger partial charge in [0, 0.05) is 29.8 Å². The van der Waals surface area contributed by atoms with Crippen molar-refractivity contribution in [2.75, 3.05) is 19.6 Å². The maximum atomic E-state index is 11.4. The van der Waals surface area contributed by atoms with Gasteiger partial charge in [0.15, 0.2) is 0 Å². The van der Waals surface area contributed by atoms with Gasteiger partial charge in [-0.3, -0.25) is 10.0 Å². The minimum absolute atomic E-state index is 0.342. The van der Waals surface area contributed by atoms with Crippen LogP contribution in [0.25, 0.3) is 28.7 Å². The van der Waals surface area contributed by atoms with Crippen LogP contribution in [0.3, 0.4) is 0 Å². The molecule has 1 atom stereocenters. The van der Waals surface area contributed by atoms with Gasteiger partial charge in [-0.2, -0.15) is 0 Å². The van der Waals surface area contributed by atoms with Gasteiger partial charge in [0.2, 0.25) is 0 Å². The predicted octanol–water partition coefficient (Wildman–Crippen LogP) is 4.70. The molecule has 166 valence electrons. The number of hydroxylamine groups is 1. The van der Waals surface area contributed by atoms with Crippen molar-refractivity contribution in [1.29, 1.82) is 0 Å². The molecule has 1 aliphatic rings. The van der Waals surface area contributed by atoms with Crippen LogP contribution in [-0.2, 0) is 4.79 Å². The fourth-order valence-electron chi connectivity index (χ4n) is 4.57. The van der Waals surface area contributed by atoms with E-state index in [1.165, 1.54) is 12.5 Å². The quantitative estimate of drug-likeness (QED) is 0.338. The van der Waals surface area contributed by atoms with E-state index in [1.807, 2.05) is 18.2 Å². The summed E-state index contributed by atoms with van der Waals surface area (Å²) in [4.78, 5) is 18.9. The SMILES string of the molecule is CCN1CCC[C@@H](n2c(-c3ccccc3)nc(C)c2-c2cccc(/C=C/C(=O)NO)c2)C1. The van der Waals surface area contributed by atoms with Crippen LogP contribution in [0.1, 0.15) is 37.1 Å². The Kier molecular flexibility index (Phi) is 6.83. The van der Waals surface area contributed by atoms with Gasteiger partial charge in [-0.1, -0.05) is 55.5 Å². The number of aromatic nitrogens is 2. The van der Waals surface area contributed by atoms with Crippen LogP contribution < -0.4 is 5.48 Å². The summed E-state index contributed by atoms with van der Waals surface area (Å²) >= 11 is 0. The van der Waals surface area contributed by atoms with E-state index >= 15 is 0 Å². The second-order valence-electron chi connectivity index (χ2n) is 8.23. The lowest BCUT2D eigenvalue weighted by molar-refractivity contribution is -0.124. The summed E-state index contributed by atoms with van der Waals surface area (Å²) in [6.07, 6.45) is 5.30. The summed E-state index contributed by atoms with van der Waals surface area (Å²) in [5, 5.41) is 8.75. The Balaban J connectivity index is 1.83. The molecule has 0 radical (unpaired) electrons. The first-order chi connectivity index (χ1) is 15.6. The number of hydrogen-bond donors (Lipinski definition) is 2. The first-order valence-electron chi connectivity index (χ1n) is 11.2. The third-order valence-corrected chi connectivity index (χ3v) is 6.11. The van der Waals surface area contributed by atoms with Gasteiger partial charge in [-0.05, 0) is 50.6 Å². The Morgan fingerprint density at radius 3 is 2.72 bits per heavy atom. The van der Waals surface area contributed by atoms with Crippen molar-refractivity contribution in [3.05, 3.63) is 71.9 Å². The minimum Gasteiger partial charge on any atom is -0.319 e. The van der Waals surface area contributed by atoms with Crippen LogP contribution in [0, 0.1) is 6.92 Å². The van der Waals surface area contributed by atoms with Gasteiger partial charge >= 0.3 is 0 Å². The van der Waals surface area contributed by atoms with Crippen LogP contribution in [0.4, 0.5) is 0 Å². The molecule has 6 nitrogen and oxygen atoms in total. The first kappa shape index (κ1) is 22.0. The van der Waals surface area contributed by atoms with Crippen molar-refractivity contribution in [1.82, 2.24) is 19.9 Å². The van der Waals surface area contributed by atoms with Crippen LogP contribution in [0.2, 0.25) is 0 Å². The number of aryl methyl sites for hydroxylation is 1. The zero-order valence-corrected chi connectivity index (χ0v) is 18.7. The van der Waals surface area contributed by atoms with Crippen molar-refractivity contribution >= 4 is 12.0 Å². The third kappa shape index (κ3) is 4.66. The Hall–Kier alpha value is -3.22. The Morgan fingerprint density at radius 1 is 1.19 bits per heavy atom. The number of amides is 1. The van der Waals surface area contributed by atoms with Gasteiger partial charge in [0.25, 0.3) is 5.91 Å². The third-order valence-electron chi connectivity index (χ3n) is 6.11. The Bertz CT molecular complexity index is 1100. The van der Waals surface area contributed by atoms with Crippen molar-refractivity contribution in [2.45, 2.75) is 32.7 Å². The van der Waals surface area contributed by atoms with Crippen molar-refractivity contribution in [2.24, 2.45) is 0 Å². The topological polar surface area (TPSA) is 70.4 Å². The number of likely N-dealkylation sites (tertiary alicyclic amines) is 1. The molecule has 0 saturated carbocycles. The summed E-state index contributed by atoms with van der Waals surface area (Å²) in [5.74, 6) is 0.450. The minimum atomic E-state index is -0.551. The number of nitrogens with one attached hydrogen (secondary N) is 1. The molecule has 1 amide bonds. The second-order valence-corrected chi connectivity index (χ2v) is 8.23. The number of carbonyl (C=O) groups is 1. The summed E-state index contributed by atoms with van der Waals surface area (Å²) in [6.45, 7) is 7.49. The summed E-state index contributed by atoms with van der Waals surface area (Å²) in [5.41, 5.74) is 6.81. The number of piperidine rings is 1. The van der Waals surface area contributed by atoms with Gasteiger partial charge in [0.1, 0.15) is 5.82 Å². The molecule has 2 heterocycles. The van der Waals surface area contributed by atoms with Crippen molar-refractivity contribution in [3.8, 4) is 22.6 Å². The molecular formula is C26H30N4O2. The lowest BCUT2D eigenvalue weighted by Crippen LogP contribution is -2.36. The number of nitrogens with zero attached hydrogens (tertiary/aromatic N) is 3. The Morgan fingerprint density at radius 2 is 1.97 bits per heavy atom. The first-order valence-corrected chi connectivity index (χ1v) is 11.2. The normalized spacial score (nSPS) is 17.0. The van der Waals surface area contributed by atoms with E-state index in [0.717, 1.165) is 60.0 Å². The van der Waals surface area contributed by atoms with E-state index in [-0.39, 0.29) is 0 Å². The number of rotatable bonds is 6. The molecule has 1 saturated heterocycles. The predicted molar refractivity (Wildman–Crippen MR) is 127 cm³/mol. The van der Waals surface area contributed by atoms with E-state index < -0.39 is 5.91 Å². The van der Waals surface area contributed by atoms with Crippen LogP contribution >= 0.6 is 0 Å². The molecule has 0 spiro atoms. The lowest BCUT2D eigenvalue weighted by Gasteiger charge is -2.34. The van der Waals surface area contributed by atoms with E-state index in [4.69, 9.17) is 10.2 Å². The number of carbonyl (C=O) groups excluding carboxylic acids is 1. The van der Waals surface area contributed by atoms with E-state index in [9.17, 15) is 4.79 Å². The van der Waals surface area contributed by atoms with Crippen LogP contribution in [0.15, 0.2) is 60.7 Å². The average Bonchev–Trinajstić information content (AvgIpc) is 3.20. The van der Waals surface area contributed by atoms with Gasteiger partial charge < -0.3 is 9.47 Å². The second kappa shape index (κ2) is 9.94. The number of imidazole rings is 1. The fraction of sp³-hybridized carbons (Fsp3) is 0.308. The molecule has 2 N–H and O–H groups in total. The van der Waals surface area contributed by atoms with Crippen molar-refractivity contribution in [3.63, 3.8) is 0 Å². The highest BCUT2D eigenvalue weighted by Gasteiger charge is 2.27. The van der Waals surface area contributed by atoms with Crippen LogP contribution in [-0.4, -0.2) is 45.2 Å². The highest BCUT2D eigenvalue weighted by Crippen LogP contribution is 2.36. The zero-order valence-electron chi connectivity index (χ0n) is 18.7. The van der Waals surface area contributed by atoms with E-state index in [0.29, 0.717) is 6.04 Å². The largest absolute Gasteiger partial charge is 0.319 e. The molecule has 6 heteroatoms. The molecule has 2 aromatic carbocycles. The molecule has 3 aromatic rings. The van der Waals surface area contributed by atoms with Crippen molar-refractivity contribution < 1.29 is 10.0 Å². The average molecular weight is 431 g/mol. The molecule has 0 unspecified atom stereocenters. The number of benzene rings is 2. The maximum Gasteiger partial charge on any atom is 0.267 e. The van der Waals surface area contributed by atoms with E-state index in [2.05, 4.69) is 59.7 Å².